The van der Waals surface area contributed by atoms with Gasteiger partial charge >= 0.3 is 12.1 Å². The molecule has 0 bridgehead atoms. The van der Waals surface area contributed by atoms with Crippen LogP contribution < -0.4 is 10.5 Å². The molecule has 1 heterocycles. The van der Waals surface area contributed by atoms with Crippen LogP contribution in [0.15, 0.2) is 30.3 Å². The molecular weight excluding hydrogens is 444 g/mol. The molecule has 168 valence electrons. The van der Waals surface area contributed by atoms with Crippen LogP contribution in [-0.2, 0) is 11.0 Å². The molecule has 1 unspecified atom stereocenters. The van der Waals surface area contributed by atoms with E-state index in [0.29, 0.717) is 17.6 Å². The average Bonchev–Trinajstić information content (AvgIpc) is 3.05. The summed E-state index contributed by atoms with van der Waals surface area (Å²) in [6, 6.07) is 4.28. The fraction of sp³-hybridized carbons (Fsp3) is 0.316. The normalized spacial score (nSPS) is 12.5. The minimum absolute atomic E-state index is 0.0178. The highest BCUT2D eigenvalue weighted by Gasteiger charge is 2.32. The van der Waals surface area contributed by atoms with Crippen molar-refractivity contribution in [2.75, 3.05) is 0 Å². The summed E-state index contributed by atoms with van der Waals surface area (Å²) in [6.07, 6.45) is -4.76. The van der Waals surface area contributed by atoms with Crippen molar-refractivity contribution in [2.24, 2.45) is 5.73 Å². The largest absolute Gasteiger partial charge is 0.480 e. The number of ether oxygens (including phenoxy) is 1. The molecule has 0 aliphatic rings. The molecule has 0 saturated heterocycles. The molecular formula is C19H19ClF4N4O3. The second kappa shape index (κ2) is 9.48. The van der Waals surface area contributed by atoms with Crippen molar-refractivity contribution in [1.29, 1.82) is 0 Å². The zero-order valence-corrected chi connectivity index (χ0v) is 17.4. The SMILES string of the molecule is CC(C(=O)O)n1nnc2ccc(Oc3c(F)cc(C(F)(F)F)cc3Cl)cc21.CC(C)N. The fourth-order valence-electron chi connectivity index (χ4n) is 2.31. The maximum absolute atomic E-state index is 14.1. The number of rotatable bonds is 4. The molecule has 3 N–H and O–H groups in total. The number of nitrogens with two attached hydrogens (primary N) is 1. The lowest BCUT2D eigenvalue weighted by atomic mass is 10.2. The zero-order chi connectivity index (χ0) is 23.5. The predicted molar refractivity (Wildman–Crippen MR) is 106 cm³/mol. The molecule has 2 aromatic carbocycles. The molecule has 0 amide bonds. The van der Waals surface area contributed by atoms with Gasteiger partial charge in [0.2, 0.25) is 0 Å². The molecule has 1 atom stereocenters. The van der Waals surface area contributed by atoms with Crippen LogP contribution in [0.3, 0.4) is 0 Å². The Labute approximate surface area is 179 Å². The van der Waals surface area contributed by atoms with Crippen LogP contribution in [-0.4, -0.2) is 32.1 Å². The smallest absolute Gasteiger partial charge is 0.416 e. The van der Waals surface area contributed by atoms with Gasteiger partial charge in [0.15, 0.2) is 11.6 Å². The molecule has 0 radical (unpaired) electrons. The van der Waals surface area contributed by atoms with E-state index in [-0.39, 0.29) is 17.3 Å². The highest BCUT2D eigenvalue weighted by Crippen LogP contribution is 2.39. The summed E-state index contributed by atoms with van der Waals surface area (Å²) < 4.78 is 58.6. The second-order valence-electron chi connectivity index (χ2n) is 6.81. The summed E-state index contributed by atoms with van der Waals surface area (Å²) in [5.41, 5.74) is 4.51. The Bertz CT molecular complexity index is 1060. The van der Waals surface area contributed by atoms with Crippen molar-refractivity contribution in [2.45, 2.75) is 39.0 Å². The number of aromatic nitrogens is 3. The van der Waals surface area contributed by atoms with Crippen molar-refractivity contribution in [3.63, 3.8) is 0 Å². The number of carbonyl (C=O) groups is 1. The Kier molecular flexibility index (Phi) is 7.45. The fourth-order valence-corrected chi connectivity index (χ4v) is 2.56. The van der Waals surface area contributed by atoms with Crippen LogP contribution in [0.4, 0.5) is 17.6 Å². The summed E-state index contributed by atoms with van der Waals surface area (Å²) in [5, 5.41) is 16.1. The summed E-state index contributed by atoms with van der Waals surface area (Å²) in [6.45, 7) is 5.27. The third-order valence-electron chi connectivity index (χ3n) is 3.71. The molecule has 0 fully saturated rings. The van der Waals surface area contributed by atoms with Crippen molar-refractivity contribution in [1.82, 2.24) is 15.0 Å². The van der Waals surface area contributed by atoms with Crippen LogP contribution in [0.2, 0.25) is 5.02 Å². The second-order valence-corrected chi connectivity index (χ2v) is 7.22. The van der Waals surface area contributed by atoms with E-state index in [1.165, 1.54) is 25.1 Å². The van der Waals surface area contributed by atoms with Crippen molar-refractivity contribution < 1.29 is 32.2 Å². The third-order valence-corrected chi connectivity index (χ3v) is 3.99. The maximum atomic E-state index is 14.1. The third kappa shape index (κ3) is 6.05. The molecule has 3 aromatic rings. The Morgan fingerprint density at radius 2 is 1.84 bits per heavy atom. The highest BCUT2D eigenvalue weighted by atomic mass is 35.5. The number of carboxylic acid groups (broad SMARTS) is 1. The van der Waals surface area contributed by atoms with Gasteiger partial charge in [-0.25, -0.2) is 13.9 Å². The van der Waals surface area contributed by atoms with E-state index in [2.05, 4.69) is 10.3 Å². The molecule has 7 nitrogen and oxygen atoms in total. The van der Waals surface area contributed by atoms with Gasteiger partial charge in [0.25, 0.3) is 0 Å². The van der Waals surface area contributed by atoms with Gasteiger partial charge in [-0.2, -0.15) is 13.2 Å². The Morgan fingerprint density at radius 3 is 2.35 bits per heavy atom. The van der Waals surface area contributed by atoms with Crippen molar-refractivity contribution in [3.8, 4) is 11.5 Å². The van der Waals surface area contributed by atoms with Crippen molar-refractivity contribution in [3.05, 3.63) is 46.7 Å². The lowest BCUT2D eigenvalue weighted by molar-refractivity contribution is -0.140. The molecule has 1 aromatic heterocycles. The molecule has 0 spiro atoms. The molecule has 0 saturated carbocycles. The van der Waals surface area contributed by atoms with E-state index in [4.69, 9.17) is 27.2 Å². The van der Waals surface area contributed by atoms with Crippen LogP contribution in [0.1, 0.15) is 32.4 Å². The van der Waals surface area contributed by atoms with E-state index in [1.807, 2.05) is 13.8 Å². The van der Waals surface area contributed by atoms with E-state index in [1.54, 1.807) is 0 Å². The summed E-state index contributed by atoms with van der Waals surface area (Å²) in [7, 11) is 0. The van der Waals surface area contributed by atoms with Crippen molar-refractivity contribution >= 4 is 28.6 Å². The number of carboxylic acids is 1. The van der Waals surface area contributed by atoms with E-state index >= 15 is 0 Å². The standard InChI is InChI=1S/C16H10ClF4N3O3.C3H9N/c1-7(15(25)26)24-13-6-9(2-3-12(13)22-23-24)27-14-10(17)4-8(5-11(14)18)16(19,20)21;1-3(2)4/h2-7H,1H3,(H,25,26);3H,4H2,1-2H3. The monoisotopic (exact) mass is 462 g/mol. The van der Waals surface area contributed by atoms with E-state index in [9.17, 15) is 22.4 Å². The van der Waals surface area contributed by atoms with Crippen LogP contribution in [0.25, 0.3) is 11.0 Å². The summed E-state index contributed by atoms with van der Waals surface area (Å²) in [4.78, 5) is 11.1. The number of benzene rings is 2. The van der Waals surface area contributed by atoms with Gasteiger partial charge in [-0.15, -0.1) is 5.10 Å². The first-order chi connectivity index (χ1) is 14.3. The number of hydrogen-bond donors (Lipinski definition) is 2. The quantitative estimate of drug-likeness (QED) is 0.527. The van der Waals surface area contributed by atoms with Crippen LogP contribution in [0, 0.1) is 5.82 Å². The summed E-state index contributed by atoms with van der Waals surface area (Å²) in [5.74, 6) is -3.01. The molecule has 12 heteroatoms. The lowest BCUT2D eigenvalue weighted by Crippen LogP contribution is -2.16. The zero-order valence-electron chi connectivity index (χ0n) is 16.6. The Hall–Kier alpha value is -2.92. The van der Waals surface area contributed by atoms with E-state index in [0.717, 1.165) is 4.68 Å². The highest BCUT2D eigenvalue weighted by molar-refractivity contribution is 6.32. The molecule has 3 rings (SSSR count). The average molecular weight is 463 g/mol. The number of hydrogen-bond acceptors (Lipinski definition) is 5. The Balaban J connectivity index is 0.000000785. The lowest BCUT2D eigenvalue weighted by Gasteiger charge is -2.13. The molecule has 0 aliphatic heterocycles. The minimum atomic E-state index is -4.76. The van der Waals surface area contributed by atoms with Gasteiger partial charge in [-0.3, -0.25) is 0 Å². The number of alkyl halides is 3. The number of halogens is 5. The maximum Gasteiger partial charge on any atom is 0.416 e. The first-order valence-electron chi connectivity index (χ1n) is 8.88. The summed E-state index contributed by atoms with van der Waals surface area (Å²) >= 11 is 5.74. The van der Waals surface area contributed by atoms with Gasteiger partial charge in [-0.1, -0.05) is 30.7 Å². The van der Waals surface area contributed by atoms with Gasteiger partial charge in [-0.05, 0) is 37.2 Å². The molecule has 0 aliphatic carbocycles. The molecule has 31 heavy (non-hydrogen) atoms. The van der Waals surface area contributed by atoms with Gasteiger partial charge in [0, 0.05) is 6.07 Å². The van der Waals surface area contributed by atoms with Gasteiger partial charge in [0.05, 0.1) is 16.1 Å². The number of fused-ring (bicyclic) bond motifs is 1. The number of aliphatic carboxylic acids is 1. The van der Waals surface area contributed by atoms with Gasteiger partial charge in [0.1, 0.15) is 17.3 Å². The Morgan fingerprint density at radius 1 is 1.23 bits per heavy atom. The first-order valence-corrected chi connectivity index (χ1v) is 9.26. The minimum Gasteiger partial charge on any atom is -0.480 e. The first kappa shape index (κ1) is 24.4. The predicted octanol–water partition coefficient (Wildman–Crippen LogP) is 5.03. The topological polar surface area (TPSA) is 103 Å². The van der Waals surface area contributed by atoms with Gasteiger partial charge < -0.3 is 15.6 Å². The van der Waals surface area contributed by atoms with E-state index < -0.39 is 40.3 Å². The van der Waals surface area contributed by atoms with Crippen LogP contribution in [0.5, 0.6) is 11.5 Å². The van der Waals surface area contributed by atoms with Crippen LogP contribution >= 0.6 is 11.6 Å². The number of nitrogens with zero attached hydrogens (tertiary/aromatic N) is 3.